The van der Waals surface area contributed by atoms with Crippen molar-refractivity contribution in [2.75, 3.05) is 46.4 Å². The van der Waals surface area contributed by atoms with E-state index in [0.29, 0.717) is 6.04 Å². The molecular weight excluding hydrogens is 676 g/mol. The Bertz CT molecular complexity index is 1700. The number of carbonyl (C=O) groups is 4. The predicted octanol–water partition coefficient (Wildman–Crippen LogP) is 5.81. The number of hydrogen-bond donors (Lipinski definition) is 4. The van der Waals surface area contributed by atoms with E-state index in [1.807, 2.05) is 11.3 Å². The van der Waals surface area contributed by atoms with Crippen molar-refractivity contribution >= 4 is 45.3 Å². The smallest absolute Gasteiger partial charge is 0.414 e. The fraction of sp³-hybridized carbons (Fsp3) is 0.368. The number of likely N-dealkylation sites (tertiary alicyclic amines) is 2. The molecule has 6 rings (SSSR count). The fourth-order valence-corrected chi connectivity index (χ4v) is 7.30. The van der Waals surface area contributed by atoms with Crippen LogP contribution in [0.1, 0.15) is 43.2 Å². The Kier molecular flexibility index (Phi) is 14.8. The summed E-state index contributed by atoms with van der Waals surface area (Å²) in [6.45, 7) is 6.20. The Morgan fingerprint density at radius 1 is 0.725 bits per heavy atom. The number of benzene rings is 3. The van der Waals surface area contributed by atoms with E-state index in [1.165, 1.54) is 77.0 Å². The van der Waals surface area contributed by atoms with Crippen LogP contribution in [0.25, 0.3) is 20.5 Å². The quantitative estimate of drug-likeness (QED) is 0.137. The maximum Gasteiger partial charge on any atom is 0.414 e. The second-order valence-electron chi connectivity index (χ2n) is 12.3. The van der Waals surface area contributed by atoms with Gasteiger partial charge in [0.2, 0.25) is 0 Å². The average molecular weight is 721 g/mol. The van der Waals surface area contributed by atoms with Gasteiger partial charge in [-0.1, -0.05) is 30.3 Å². The largest absolute Gasteiger partial charge is 0.494 e. The van der Waals surface area contributed by atoms with Gasteiger partial charge in [0.1, 0.15) is 18.1 Å². The van der Waals surface area contributed by atoms with E-state index in [0.717, 1.165) is 44.1 Å². The normalized spacial score (nSPS) is 15.7. The average Bonchev–Trinajstić information content (AvgIpc) is 3.87. The maximum atomic E-state index is 9.10. The molecule has 3 heterocycles. The van der Waals surface area contributed by atoms with Crippen LogP contribution in [0.15, 0.2) is 72.8 Å². The molecule has 0 aliphatic carbocycles. The van der Waals surface area contributed by atoms with Crippen LogP contribution in [0.3, 0.4) is 0 Å². The summed E-state index contributed by atoms with van der Waals surface area (Å²) in [5, 5.41) is 30.9. The lowest BCUT2D eigenvalue weighted by Gasteiger charge is -2.19. The zero-order valence-corrected chi connectivity index (χ0v) is 29.3. The minimum Gasteiger partial charge on any atom is -0.494 e. The van der Waals surface area contributed by atoms with Crippen molar-refractivity contribution in [2.24, 2.45) is 0 Å². The SMILES string of the molecule is CN1CCCC1CCOc1ccc(Cc2c(-c3ccc(OCCN4CCCC4)cc3)sc3ccccc23)cc1.O=C(O)C(=O)O.O=C(O)C(=O)O. The highest BCUT2D eigenvalue weighted by atomic mass is 32.1. The van der Waals surface area contributed by atoms with E-state index in [1.54, 1.807) is 0 Å². The second-order valence-corrected chi connectivity index (χ2v) is 13.3. The predicted molar refractivity (Wildman–Crippen MR) is 194 cm³/mol. The number of hydrogen-bond acceptors (Lipinski definition) is 9. The van der Waals surface area contributed by atoms with Gasteiger partial charge in [-0.2, -0.15) is 0 Å². The standard InChI is InChI=1S/C34H40N2O2S.2C2H2O4/c1-35-19-6-7-28(35)18-23-37-29-14-10-26(11-15-29)25-32-31-8-2-3-9-33(31)39-34(32)27-12-16-30(17-13-27)38-24-22-36-20-4-5-21-36;2*3-1(4)2(5)6/h2-3,8-17,28H,4-7,18-25H2,1H3;2*(H,3,4)(H,5,6). The van der Waals surface area contributed by atoms with Crippen LogP contribution in [-0.4, -0.2) is 107 Å². The van der Waals surface area contributed by atoms with Crippen LogP contribution in [0.5, 0.6) is 11.5 Å². The van der Waals surface area contributed by atoms with Crippen LogP contribution in [0.4, 0.5) is 0 Å². The van der Waals surface area contributed by atoms with Crippen molar-refractivity contribution < 1.29 is 49.1 Å². The first-order valence-corrected chi connectivity index (χ1v) is 17.6. The molecule has 4 aromatic rings. The zero-order valence-electron chi connectivity index (χ0n) is 28.5. The lowest BCUT2D eigenvalue weighted by atomic mass is 9.99. The van der Waals surface area contributed by atoms with E-state index in [9.17, 15) is 0 Å². The van der Waals surface area contributed by atoms with Crippen LogP contribution >= 0.6 is 11.3 Å². The summed E-state index contributed by atoms with van der Waals surface area (Å²) >= 11 is 1.89. The molecule has 51 heavy (non-hydrogen) atoms. The van der Waals surface area contributed by atoms with Crippen LogP contribution in [0, 0.1) is 0 Å². The summed E-state index contributed by atoms with van der Waals surface area (Å²) in [5.41, 5.74) is 3.97. The molecule has 1 aromatic heterocycles. The van der Waals surface area contributed by atoms with Crippen molar-refractivity contribution in [3.05, 3.63) is 83.9 Å². The molecule has 0 spiro atoms. The molecule has 3 aromatic carbocycles. The number of carboxylic acid groups (broad SMARTS) is 4. The van der Waals surface area contributed by atoms with E-state index in [4.69, 9.17) is 49.1 Å². The van der Waals surface area contributed by atoms with Gasteiger partial charge in [0.25, 0.3) is 0 Å². The van der Waals surface area contributed by atoms with E-state index >= 15 is 0 Å². The first-order valence-electron chi connectivity index (χ1n) is 16.8. The summed E-state index contributed by atoms with van der Waals surface area (Å²) < 4.78 is 13.5. The molecule has 12 nitrogen and oxygen atoms in total. The molecule has 272 valence electrons. The molecule has 2 aliphatic rings. The number of nitrogens with zero attached hydrogens (tertiary/aromatic N) is 2. The molecule has 0 amide bonds. The van der Waals surface area contributed by atoms with Crippen molar-refractivity contribution in [3.63, 3.8) is 0 Å². The van der Waals surface area contributed by atoms with Gasteiger partial charge < -0.3 is 34.8 Å². The molecule has 2 aliphatic heterocycles. The molecule has 0 radical (unpaired) electrons. The first kappa shape index (κ1) is 38.8. The Morgan fingerprint density at radius 3 is 1.86 bits per heavy atom. The monoisotopic (exact) mass is 720 g/mol. The van der Waals surface area contributed by atoms with E-state index in [-0.39, 0.29) is 0 Å². The van der Waals surface area contributed by atoms with Crippen LogP contribution < -0.4 is 9.47 Å². The summed E-state index contributed by atoms with van der Waals surface area (Å²) in [6.07, 6.45) is 7.26. The first-order chi connectivity index (χ1) is 24.5. The molecule has 0 saturated carbocycles. The van der Waals surface area contributed by atoms with Gasteiger partial charge in [-0.3, -0.25) is 4.90 Å². The fourth-order valence-electron chi connectivity index (χ4n) is 6.07. The zero-order chi connectivity index (χ0) is 36.8. The molecule has 1 unspecified atom stereocenters. The lowest BCUT2D eigenvalue weighted by Crippen LogP contribution is -2.26. The van der Waals surface area contributed by atoms with Crippen LogP contribution in [0.2, 0.25) is 0 Å². The highest BCUT2D eigenvalue weighted by Gasteiger charge is 2.20. The van der Waals surface area contributed by atoms with Crippen molar-refractivity contribution in [1.29, 1.82) is 0 Å². The van der Waals surface area contributed by atoms with Crippen molar-refractivity contribution in [3.8, 4) is 21.9 Å². The number of fused-ring (bicyclic) bond motifs is 1. The van der Waals surface area contributed by atoms with Gasteiger partial charge in [0.15, 0.2) is 0 Å². The number of carboxylic acids is 4. The van der Waals surface area contributed by atoms with E-state index < -0.39 is 23.9 Å². The second kappa shape index (κ2) is 19.4. The Balaban J connectivity index is 0.000000420. The number of thiophene rings is 1. The van der Waals surface area contributed by atoms with Crippen LogP contribution in [-0.2, 0) is 25.6 Å². The molecule has 2 saturated heterocycles. The third kappa shape index (κ3) is 12.1. The van der Waals surface area contributed by atoms with Gasteiger partial charge in [-0.25, -0.2) is 19.2 Å². The summed E-state index contributed by atoms with van der Waals surface area (Å²) in [7, 11) is 2.23. The van der Waals surface area contributed by atoms with Gasteiger partial charge in [-0.15, -0.1) is 11.3 Å². The molecule has 0 bridgehead atoms. The van der Waals surface area contributed by atoms with Gasteiger partial charge in [-0.05, 0) is 130 Å². The highest BCUT2D eigenvalue weighted by Crippen LogP contribution is 2.40. The molecule has 2 fully saturated rings. The number of ether oxygens (including phenoxy) is 2. The summed E-state index contributed by atoms with van der Waals surface area (Å²) in [4.78, 5) is 42.7. The third-order valence-electron chi connectivity index (χ3n) is 8.75. The van der Waals surface area contributed by atoms with Gasteiger partial charge in [0.05, 0.1) is 6.61 Å². The molecular formula is C38H44N2O10S. The van der Waals surface area contributed by atoms with E-state index in [2.05, 4.69) is 89.6 Å². The van der Waals surface area contributed by atoms with Crippen molar-refractivity contribution in [1.82, 2.24) is 9.80 Å². The summed E-state index contributed by atoms with van der Waals surface area (Å²) in [6, 6.07) is 26.9. The Morgan fingerprint density at radius 2 is 1.29 bits per heavy atom. The van der Waals surface area contributed by atoms with Crippen molar-refractivity contribution in [2.45, 2.75) is 44.6 Å². The van der Waals surface area contributed by atoms with Gasteiger partial charge >= 0.3 is 23.9 Å². The number of rotatable bonds is 11. The topological polar surface area (TPSA) is 174 Å². The lowest BCUT2D eigenvalue weighted by molar-refractivity contribution is -0.159. The molecule has 4 N–H and O–H groups in total. The Labute approximate surface area is 300 Å². The maximum absolute atomic E-state index is 9.10. The summed E-state index contributed by atoms with van der Waals surface area (Å²) in [5.74, 6) is -5.37. The minimum atomic E-state index is -1.82. The highest BCUT2D eigenvalue weighted by molar-refractivity contribution is 7.22. The third-order valence-corrected chi connectivity index (χ3v) is 10.0. The van der Waals surface area contributed by atoms with Gasteiger partial charge in [0, 0.05) is 22.2 Å². The number of aliphatic carboxylic acids is 4. The molecule has 1 atom stereocenters. The Hall–Kier alpha value is -4.98. The molecule has 13 heteroatoms. The minimum absolute atomic E-state index is 0.671.